The van der Waals surface area contributed by atoms with E-state index < -0.39 is 10.8 Å². The Labute approximate surface area is 168 Å². The van der Waals surface area contributed by atoms with Gasteiger partial charge in [-0.05, 0) is 37.8 Å². The first-order valence-electron chi connectivity index (χ1n) is 8.74. The van der Waals surface area contributed by atoms with Gasteiger partial charge in [0.1, 0.15) is 17.4 Å². The molecule has 0 bridgehead atoms. The summed E-state index contributed by atoms with van der Waals surface area (Å²) in [5.41, 5.74) is -0.163. The number of carbonyl (C=O) groups excluding carboxylic acids is 1. The molecule has 2 aromatic carbocycles. The van der Waals surface area contributed by atoms with Gasteiger partial charge >= 0.3 is 0 Å². The third-order valence-corrected chi connectivity index (χ3v) is 8.55. The molecule has 2 unspecified atom stereocenters. The molecule has 2 aliphatic rings. The molecule has 0 N–H and O–H groups in total. The number of rotatable bonds is 6. The molecule has 136 valence electrons. The summed E-state index contributed by atoms with van der Waals surface area (Å²) in [4.78, 5) is 12.8. The van der Waals surface area contributed by atoms with Crippen molar-refractivity contribution in [1.29, 1.82) is 0 Å². The SMILES string of the molecule is O=C(C1(C(Br)c2ccccc2F)CC1)C1(C(Br)c2ccccc2F)CC1. The minimum absolute atomic E-state index is 0.125. The van der Waals surface area contributed by atoms with Crippen molar-refractivity contribution in [3.63, 3.8) is 0 Å². The third kappa shape index (κ3) is 2.78. The molecule has 0 amide bonds. The van der Waals surface area contributed by atoms with Crippen molar-refractivity contribution in [2.75, 3.05) is 0 Å². The van der Waals surface area contributed by atoms with Crippen molar-refractivity contribution in [1.82, 2.24) is 0 Å². The van der Waals surface area contributed by atoms with Gasteiger partial charge in [-0.1, -0.05) is 68.3 Å². The summed E-state index contributed by atoms with van der Waals surface area (Å²) in [7, 11) is 0. The maximum Gasteiger partial charge on any atom is 0.148 e. The summed E-state index contributed by atoms with van der Waals surface area (Å²) in [5.74, 6) is -0.481. The summed E-state index contributed by atoms with van der Waals surface area (Å²) in [6, 6.07) is 13.2. The van der Waals surface area contributed by atoms with Crippen LogP contribution >= 0.6 is 31.9 Å². The molecule has 0 spiro atoms. The first-order chi connectivity index (χ1) is 12.4. The molecular formula is C21H18Br2F2O. The van der Waals surface area contributed by atoms with Crippen LogP contribution in [-0.4, -0.2) is 5.78 Å². The van der Waals surface area contributed by atoms with Gasteiger partial charge in [0.25, 0.3) is 0 Å². The number of benzene rings is 2. The minimum Gasteiger partial charge on any atom is -0.298 e. The molecule has 4 rings (SSSR count). The molecule has 2 fully saturated rings. The first kappa shape index (κ1) is 18.3. The molecule has 1 nitrogen and oxygen atoms in total. The maximum absolute atomic E-state index is 14.3. The van der Waals surface area contributed by atoms with E-state index in [1.807, 2.05) is 0 Å². The van der Waals surface area contributed by atoms with Crippen molar-refractivity contribution < 1.29 is 13.6 Å². The number of halogens is 4. The highest BCUT2D eigenvalue weighted by Gasteiger charge is 2.67. The van der Waals surface area contributed by atoms with E-state index in [1.54, 1.807) is 36.4 Å². The second kappa shape index (κ2) is 6.52. The summed E-state index contributed by atoms with van der Waals surface area (Å²) in [5, 5.41) is 0. The topological polar surface area (TPSA) is 17.1 Å². The Balaban J connectivity index is 1.65. The summed E-state index contributed by atoms with van der Waals surface area (Å²) >= 11 is 7.22. The van der Waals surface area contributed by atoms with Crippen LogP contribution in [-0.2, 0) is 4.79 Å². The van der Waals surface area contributed by atoms with Gasteiger partial charge in [0.2, 0.25) is 0 Å². The zero-order chi connectivity index (χ0) is 18.5. The zero-order valence-corrected chi connectivity index (χ0v) is 17.2. The minimum atomic E-state index is -0.601. The molecule has 26 heavy (non-hydrogen) atoms. The fourth-order valence-electron chi connectivity index (χ4n) is 3.91. The summed E-state index contributed by atoms with van der Waals surface area (Å²) < 4.78 is 28.5. The van der Waals surface area contributed by atoms with Crippen LogP contribution < -0.4 is 0 Å². The fraction of sp³-hybridized carbons (Fsp3) is 0.381. The third-order valence-electron chi connectivity index (χ3n) is 5.81. The lowest BCUT2D eigenvalue weighted by molar-refractivity contribution is -0.129. The summed E-state index contributed by atoms with van der Waals surface area (Å²) in [6.45, 7) is 0. The number of carbonyl (C=O) groups is 1. The molecule has 2 aromatic rings. The molecule has 2 saturated carbocycles. The van der Waals surface area contributed by atoms with Gasteiger partial charge in [-0.15, -0.1) is 0 Å². The van der Waals surface area contributed by atoms with Gasteiger partial charge in [-0.2, -0.15) is 0 Å². The molecule has 2 aliphatic carbocycles. The van der Waals surface area contributed by atoms with Gasteiger partial charge in [0.15, 0.2) is 0 Å². The predicted molar refractivity (Wildman–Crippen MR) is 104 cm³/mol. The molecule has 0 radical (unpaired) electrons. The van der Waals surface area contributed by atoms with E-state index in [2.05, 4.69) is 31.9 Å². The van der Waals surface area contributed by atoms with Crippen molar-refractivity contribution in [3.8, 4) is 0 Å². The van der Waals surface area contributed by atoms with E-state index in [-0.39, 0.29) is 27.1 Å². The standard InChI is InChI=1S/C21H18Br2F2O/c22-17(13-5-1-3-7-15(13)24)20(9-10-20)19(26)21(11-12-21)18(23)14-6-2-4-8-16(14)25/h1-8,17-18H,9-12H2. The van der Waals surface area contributed by atoms with Crippen molar-refractivity contribution >= 4 is 37.6 Å². The molecular weight excluding hydrogens is 466 g/mol. The van der Waals surface area contributed by atoms with Crippen LogP contribution in [0.5, 0.6) is 0 Å². The Kier molecular flexibility index (Phi) is 4.59. The average molecular weight is 484 g/mol. The molecule has 0 aliphatic heterocycles. The lowest BCUT2D eigenvalue weighted by Gasteiger charge is -2.29. The number of hydrogen-bond acceptors (Lipinski definition) is 1. The lowest BCUT2D eigenvalue weighted by atomic mass is 9.80. The molecule has 0 aromatic heterocycles. The largest absolute Gasteiger partial charge is 0.298 e. The van der Waals surface area contributed by atoms with Crippen LogP contribution in [0, 0.1) is 22.5 Å². The van der Waals surface area contributed by atoms with Crippen molar-refractivity contribution in [2.24, 2.45) is 10.8 Å². The average Bonchev–Trinajstić information content (AvgIpc) is 3.55. The second-order valence-corrected chi connectivity index (χ2v) is 9.24. The van der Waals surface area contributed by atoms with Gasteiger partial charge < -0.3 is 0 Å². The van der Waals surface area contributed by atoms with Crippen molar-refractivity contribution in [3.05, 3.63) is 71.3 Å². The van der Waals surface area contributed by atoms with Crippen molar-refractivity contribution in [2.45, 2.75) is 35.3 Å². The Bertz CT molecular complexity index is 789. The van der Waals surface area contributed by atoms with Crippen LogP contribution in [0.4, 0.5) is 8.78 Å². The normalized spacial score (nSPS) is 21.7. The number of ketones is 1. The highest BCUT2D eigenvalue weighted by Crippen LogP contribution is 2.70. The zero-order valence-electron chi connectivity index (χ0n) is 14.0. The van der Waals surface area contributed by atoms with Crippen LogP contribution in [0.2, 0.25) is 0 Å². The molecule has 5 heteroatoms. The molecule has 0 saturated heterocycles. The highest BCUT2D eigenvalue weighted by atomic mass is 79.9. The Morgan fingerprint density at radius 2 is 1.12 bits per heavy atom. The van der Waals surface area contributed by atoms with E-state index in [1.165, 1.54) is 12.1 Å². The van der Waals surface area contributed by atoms with Crippen LogP contribution in [0.1, 0.15) is 46.5 Å². The Hall–Kier alpha value is -1.07. The number of alkyl halides is 2. The number of hydrogen-bond donors (Lipinski definition) is 0. The van der Waals surface area contributed by atoms with Crippen LogP contribution in [0.15, 0.2) is 48.5 Å². The van der Waals surface area contributed by atoms with E-state index in [0.29, 0.717) is 11.1 Å². The van der Waals surface area contributed by atoms with Crippen LogP contribution in [0.3, 0.4) is 0 Å². The smallest absolute Gasteiger partial charge is 0.148 e. The van der Waals surface area contributed by atoms with E-state index in [9.17, 15) is 13.6 Å². The monoisotopic (exact) mass is 482 g/mol. The second-order valence-electron chi connectivity index (χ2n) is 7.41. The lowest BCUT2D eigenvalue weighted by Crippen LogP contribution is -2.32. The summed E-state index contributed by atoms with van der Waals surface area (Å²) in [6.07, 6.45) is 2.92. The van der Waals surface area contributed by atoms with Gasteiger partial charge in [0, 0.05) is 22.0 Å². The van der Waals surface area contributed by atoms with Crippen LogP contribution in [0.25, 0.3) is 0 Å². The predicted octanol–water partition coefficient (Wildman–Crippen LogP) is 6.67. The molecule has 0 heterocycles. The first-order valence-corrected chi connectivity index (χ1v) is 10.6. The number of Topliss-reactive ketones (excluding diaryl/α,β-unsaturated/α-hetero) is 1. The highest BCUT2D eigenvalue weighted by molar-refractivity contribution is 9.09. The van der Waals surface area contributed by atoms with Gasteiger partial charge in [-0.3, -0.25) is 4.79 Å². The van der Waals surface area contributed by atoms with Gasteiger partial charge in [0.05, 0.1) is 9.65 Å². The van der Waals surface area contributed by atoms with E-state index in [4.69, 9.17) is 0 Å². The fourth-order valence-corrected chi connectivity index (χ4v) is 5.99. The van der Waals surface area contributed by atoms with E-state index in [0.717, 1.165) is 25.7 Å². The Morgan fingerprint density at radius 1 is 0.769 bits per heavy atom. The Morgan fingerprint density at radius 3 is 1.42 bits per heavy atom. The quantitative estimate of drug-likeness (QED) is 0.419. The van der Waals surface area contributed by atoms with Gasteiger partial charge in [-0.25, -0.2) is 8.78 Å². The van der Waals surface area contributed by atoms with E-state index >= 15 is 0 Å². The molecule has 2 atom stereocenters. The maximum atomic E-state index is 14.3.